The first-order valence-corrected chi connectivity index (χ1v) is 6.22. The molecule has 0 bridgehead atoms. The lowest BCUT2D eigenvalue weighted by Crippen LogP contribution is -2.38. The van der Waals surface area contributed by atoms with Crippen molar-refractivity contribution in [3.63, 3.8) is 0 Å². The van der Waals surface area contributed by atoms with Crippen LogP contribution >= 0.6 is 0 Å². The highest BCUT2D eigenvalue weighted by atomic mass is 16.3. The average Bonchev–Trinajstić information content (AvgIpc) is 3.17. The van der Waals surface area contributed by atoms with Crippen molar-refractivity contribution in [1.29, 1.82) is 0 Å². The van der Waals surface area contributed by atoms with E-state index in [0.29, 0.717) is 5.92 Å². The van der Waals surface area contributed by atoms with Gasteiger partial charge in [0.05, 0.1) is 12.6 Å². The Labute approximate surface area is 102 Å². The first kappa shape index (κ1) is 12.1. The van der Waals surface area contributed by atoms with Crippen molar-refractivity contribution in [2.75, 3.05) is 6.61 Å². The first-order valence-electron chi connectivity index (χ1n) is 6.22. The van der Waals surface area contributed by atoms with Crippen LogP contribution in [0.15, 0.2) is 30.3 Å². The summed E-state index contributed by atoms with van der Waals surface area (Å²) >= 11 is 0. The van der Waals surface area contributed by atoms with E-state index >= 15 is 0 Å². The van der Waals surface area contributed by atoms with E-state index in [0.717, 1.165) is 12.8 Å². The SMILES string of the molecule is CC[C@@H](CO)NC(=O)C1CC1c1ccccc1. The van der Waals surface area contributed by atoms with E-state index in [-0.39, 0.29) is 24.5 Å². The molecule has 0 radical (unpaired) electrons. The molecule has 2 N–H and O–H groups in total. The summed E-state index contributed by atoms with van der Waals surface area (Å²) in [4.78, 5) is 11.9. The quantitative estimate of drug-likeness (QED) is 0.813. The molecule has 1 aliphatic carbocycles. The molecule has 3 heteroatoms. The third-order valence-electron chi connectivity index (χ3n) is 3.41. The predicted octanol–water partition coefficient (Wildman–Crippen LogP) is 1.68. The van der Waals surface area contributed by atoms with Gasteiger partial charge in [0.1, 0.15) is 0 Å². The lowest BCUT2D eigenvalue weighted by Gasteiger charge is -2.13. The van der Waals surface area contributed by atoms with Crippen molar-refractivity contribution in [2.45, 2.75) is 31.7 Å². The molecule has 2 unspecified atom stereocenters. The number of rotatable bonds is 5. The number of benzene rings is 1. The Kier molecular flexibility index (Phi) is 3.79. The van der Waals surface area contributed by atoms with Crippen molar-refractivity contribution in [1.82, 2.24) is 5.32 Å². The fraction of sp³-hybridized carbons (Fsp3) is 0.500. The largest absolute Gasteiger partial charge is 0.394 e. The van der Waals surface area contributed by atoms with Crippen molar-refractivity contribution < 1.29 is 9.90 Å². The van der Waals surface area contributed by atoms with Gasteiger partial charge < -0.3 is 10.4 Å². The molecule has 3 nitrogen and oxygen atoms in total. The van der Waals surface area contributed by atoms with Crippen LogP contribution in [0.4, 0.5) is 0 Å². The number of hydrogen-bond acceptors (Lipinski definition) is 2. The number of aliphatic hydroxyl groups excluding tert-OH is 1. The second kappa shape index (κ2) is 5.32. The molecule has 1 aliphatic rings. The van der Waals surface area contributed by atoms with Gasteiger partial charge in [-0.05, 0) is 24.3 Å². The molecule has 1 saturated carbocycles. The van der Waals surface area contributed by atoms with Gasteiger partial charge in [0, 0.05) is 5.92 Å². The number of aliphatic hydroxyl groups is 1. The summed E-state index contributed by atoms with van der Waals surface area (Å²) in [6.45, 7) is 1.98. The summed E-state index contributed by atoms with van der Waals surface area (Å²) in [5.41, 5.74) is 1.24. The van der Waals surface area contributed by atoms with Crippen LogP contribution in [0, 0.1) is 5.92 Å². The van der Waals surface area contributed by atoms with E-state index in [1.807, 2.05) is 25.1 Å². The molecule has 1 aromatic carbocycles. The standard InChI is InChI=1S/C14H19NO2/c1-2-11(9-16)15-14(17)13-8-12(13)10-6-4-3-5-7-10/h3-7,11-13,16H,2,8-9H2,1H3,(H,15,17)/t11-,12?,13?/m0/s1. The molecule has 2 rings (SSSR count). The minimum absolute atomic E-state index is 0.0188. The summed E-state index contributed by atoms with van der Waals surface area (Å²) in [5, 5.41) is 11.9. The van der Waals surface area contributed by atoms with Crippen LogP contribution in [0.2, 0.25) is 0 Å². The van der Waals surface area contributed by atoms with Crippen LogP contribution in [-0.2, 0) is 4.79 Å². The third kappa shape index (κ3) is 2.86. The normalized spacial score (nSPS) is 24.1. The van der Waals surface area contributed by atoms with Crippen LogP contribution in [0.25, 0.3) is 0 Å². The van der Waals surface area contributed by atoms with Crippen LogP contribution in [0.5, 0.6) is 0 Å². The molecule has 0 heterocycles. The van der Waals surface area contributed by atoms with Crippen molar-refractivity contribution in [2.24, 2.45) is 5.92 Å². The second-order valence-corrected chi connectivity index (χ2v) is 4.66. The van der Waals surface area contributed by atoms with Gasteiger partial charge >= 0.3 is 0 Å². The van der Waals surface area contributed by atoms with Gasteiger partial charge in [-0.15, -0.1) is 0 Å². The maximum atomic E-state index is 11.9. The highest BCUT2D eigenvalue weighted by molar-refractivity contribution is 5.83. The summed E-state index contributed by atoms with van der Waals surface area (Å²) in [6, 6.07) is 10.0. The Morgan fingerprint density at radius 2 is 2.18 bits per heavy atom. The van der Waals surface area contributed by atoms with Crippen molar-refractivity contribution >= 4 is 5.91 Å². The van der Waals surface area contributed by atoms with Crippen molar-refractivity contribution in [3.8, 4) is 0 Å². The van der Waals surface area contributed by atoms with Gasteiger partial charge in [-0.3, -0.25) is 4.79 Å². The molecular weight excluding hydrogens is 214 g/mol. The van der Waals surface area contributed by atoms with Crippen LogP contribution < -0.4 is 5.32 Å². The fourth-order valence-electron chi connectivity index (χ4n) is 2.14. The first-order chi connectivity index (χ1) is 8.26. The Balaban J connectivity index is 1.88. The average molecular weight is 233 g/mol. The zero-order chi connectivity index (χ0) is 12.3. The Hall–Kier alpha value is -1.35. The highest BCUT2D eigenvalue weighted by Crippen LogP contribution is 2.47. The number of amides is 1. The van der Waals surface area contributed by atoms with E-state index < -0.39 is 0 Å². The molecule has 92 valence electrons. The fourth-order valence-corrected chi connectivity index (χ4v) is 2.14. The summed E-state index contributed by atoms with van der Waals surface area (Å²) in [5.74, 6) is 0.546. The Morgan fingerprint density at radius 3 is 2.76 bits per heavy atom. The smallest absolute Gasteiger partial charge is 0.224 e. The second-order valence-electron chi connectivity index (χ2n) is 4.66. The molecular formula is C14H19NO2. The van der Waals surface area contributed by atoms with E-state index in [1.54, 1.807) is 0 Å². The zero-order valence-electron chi connectivity index (χ0n) is 10.1. The minimum Gasteiger partial charge on any atom is -0.394 e. The van der Waals surface area contributed by atoms with Crippen LogP contribution in [-0.4, -0.2) is 23.7 Å². The van der Waals surface area contributed by atoms with Crippen LogP contribution in [0.1, 0.15) is 31.2 Å². The van der Waals surface area contributed by atoms with Gasteiger partial charge in [-0.1, -0.05) is 37.3 Å². The van der Waals surface area contributed by atoms with E-state index in [2.05, 4.69) is 17.4 Å². The monoisotopic (exact) mass is 233 g/mol. The minimum atomic E-state index is -0.0977. The van der Waals surface area contributed by atoms with Crippen molar-refractivity contribution in [3.05, 3.63) is 35.9 Å². The van der Waals surface area contributed by atoms with Gasteiger partial charge in [-0.25, -0.2) is 0 Å². The topological polar surface area (TPSA) is 49.3 Å². The molecule has 1 fully saturated rings. The molecule has 1 aromatic rings. The van der Waals surface area contributed by atoms with Gasteiger partial charge in [-0.2, -0.15) is 0 Å². The number of carbonyl (C=O) groups excluding carboxylic acids is 1. The Bertz CT molecular complexity index is 373. The van der Waals surface area contributed by atoms with Gasteiger partial charge in [0.25, 0.3) is 0 Å². The maximum absolute atomic E-state index is 11.9. The van der Waals surface area contributed by atoms with Crippen LogP contribution in [0.3, 0.4) is 0 Å². The summed E-state index contributed by atoms with van der Waals surface area (Å²) < 4.78 is 0. The number of carbonyl (C=O) groups is 1. The lowest BCUT2D eigenvalue weighted by atomic mass is 10.1. The highest BCUT2D eigenvalue weighted by Gasteiger charge is 2.44. The number of nitrogens with one attached hydrogen (secondary N) is 1. The van der Waals surface area contributed by atoms with Gasteiger partial charge in [0.15, 0.2) is 0 Å². The molecule has 0 saturated heterocycles. The Morgan fingerprint density at radius 1 is 1.47 bits per heavy atom. The summed E-state index contributed by atoms with van der Waals surface area (Å²) in [7, 11) is 0. The van der Waals surface area contributed by atoms with E-state index in [4.69, 9.17) is 5.11 Å². The lowest BCUT2D eigenvalue weighted by molar-refractivity contribution is -0.123. The molecule has 3 atom stereocenters. The summed E-state index contributed by atoms with van der Waals surface area (Å²) in [6.07, 6.45) is 1.70. The molecule has 0 aromatic heterocycles. The third-order valence-corrected chi connectivity index (χ3v) is 3.41. The van der Waals surface area contributed by atoms with E-state index in [1.165, 1.54) is 5.56 Å². The zero-order valence-corrected chi connectivity index (χ0v) is 10.1. The molecule has 1 amide bonds. The van der Waals surface area contributed by atoms with E-state index in [9.17, 15) is 4.79 Å². The maximum Gasteiger partial charge on any atom is 0.224 e. The molecule has 0 aliphatic heterocycles. The van der Waals surface area contributed by atoms with Gasteiger partial charge in [0.2, 0.25) is 5.91 Å². The number of hydrogen-bond donors (Lipinski definition) is 2. The molecule has 17 heavy (non-hydrogen) atoms. The predicted molar refractivity (Wildman–Crippen MR) is 66.6 cm³/mol. The molecule has 0 spiro atoms.